The Morgan fingerprint density at radius 1 is 1.64 bits per heavy atom. The number of carbonyl (C=O) groups is 1. The maximum atomic E-state index is 11.8. The molecule has 14 heavy (non-hydrogen) atoms. The molecule has 80 valence electrons. The zero-order valence-corrected chi connectivity index (χ0v) is 9.12. The Balaban J connectivity index is 2.50. The number of hydrogen-bond donors (Lipinski definition) is 1. The van der Waals surface area contributed by atoms with Crippen LogP contribution in [0.4, 0.5) is 0 Å². The predicted octanol–water partition coefficient (Wildman–Crippen LogP) is 1.29. The van der Waals surface area contributed by atoms with Crippen LogP contribution in [-0.2, 0) is 4.79 Å². The quantitative estimate of drug-likeness (QED) is 0.673. The van der Waals surface area contributed by atoms with Crippen LogP contribution in [0.3, 0.4) is 0 Å². The van der Waals surface area contributed by atoms with Crippen molar-refractivity contribution in [2.24, 2.45) is 5.73 Å². The maximum Gasteiger partial charge on any atom is 0.224 e. The van der Waals surface area contributed by atoms with E-state index in [9.17, 15) is 4.79 Å². The summed E-state index contributed by atoms with van der Waals surface area (Å²) < 4.78 is 0. The highest BCUT2D eigenvalue weighted by Crippen LogP contribution is 2.27. The first-order valence-corrected chi connectivity index (χ1v) is 5.13. The van der Waals surface area contributed by atoms with Gasteiger partial charge in [-0.1, -0.05) is 6.08 Å². The number of nitrogens with two attached hydrogens (primary N) is 1. The smallest absolute Gasteiger partial charge is 0.224 e. The highest BCUT2D eigenvalue weighted by molar-refractivity contribution is 5.78. The SMILES string of the molecule is C=CCN(C(=O)CC(C)(C)N)C1CC1. The van der Waals surface area contributed by atoms with Gasteiger partial charge in [0.25, 0.3) is 0 Å². The van der Waals surface area contributed by atoms with Crippen molar-refractivity contribution in [1.29, 1.82) is 0 Å². The summed E-state index contributed by atoms with van der Waals surface area (Å²) in [6.07, 6.45) is 4.45. The molecular formula is C11H20N2O. The van der Waals surface area contributed by atoms with Crippen LogP contribution in [0.2, 0.25) is 0 Å². The molecule has 3 nitrogen and oxygen atoms in total. The first kappa shape index (κ1) is 11.2. The van der Waals surface area contributed by atoms with Gasteiger partial charge in [-0.2, -0.15) is 0 Å². The Morgan fingerprint density at radius 3 is 2.57 bits per heavy atom. The van der Waals surface area contributed by atoms with E-state index in [1.165, 1.54) is 0 Å². The molecule has 2 N–H and O–H groups in total. The molecule has 0 aliphatic heterocycles. The first-order valence-electron chi connectivity index (χ1n) is 5.13. The molecule has 0 aromatic heterocycles. The average molecular weight is 196 g/mol. The molecule has 0 aromatic carbocycles. The lowest BCUT2D eigenvalue weighted by molar-refractivity contribution is -0.132. The number of nitrogens with zero attached hydrogens (tertiary/aromatic N) is 1. The number of amides is 1. The Labute approximate surface area is 86.0 Å². The standard InChI is InChI=1S/C11H20N2O/c1-4-7-13(9-5-6-9)10(14)8-11(2,3)12/h4,9H,1,5-8,12H2,2-3H3. The fourth-order valence-corrected chi connectivity index (χ4v) is 1.47. The molecule has 0 saturated heterocycles. The van der Waals surface area contributed by atoms with Gasteiger partial charge in [0.1, 0.15) is 0 Å². The molecule has 0 aromatic rings. The lowest BCUT2D eigenvalue weighted by atomic mass is 10.0. The summed E-state index contributed by atoms with van der Waals surface area (Å²) in [4.78, 5) is 13.7. The average Bonchev–Trinajstić information content (AvgIpc) is 2.78. The van der Waals surface area contributed by atoms with Crippen LogP contribution >= 0.6 is 0 Å². The summed E-state index contributed by atoms with van der Waals surface area (Å²) in [5.74, 6) is 0.153. The molecule has 0 bridgehead atoms. The molecule has 0 atom stereocenters. The van der Waals surface area contributed by atoms with E-state index in [4.69, 9.17) is 5.73 Å². The van der Waals surface area contributed by atoms with Gasteiger partial charge in [0.15, 0.2) is 0 Å². The maximum absolute atomic E-state index is 11.8. The van der Waals surface area contributed by atoms with Gasteiger partial charge in [0, 0.05) is 24.5 Å². The second-order valence-electron chi connectivity index (χ2n) is 4.73. The third kappa shape index (κ3) is 3.50. The fraction of sp³-hybridized carbons (Fsp3) is 0.727. The minimum Gasteiger partial charge on any atom is -0.336 e. The normalized spacial score (nSPS) is 16.5. The van der Waals surface area contributed by atoms with Crippen LogP contribution in [0.5, 0.6) is 0 Å². The van der Waals surface area contributed by atoms with Gasteiger partial charge in [0.05, 0.1) is 0 Å². The summed E-state index contributed by atoms with van der Waals surface area (Å²) in [5, 5.41) is 0. The highest BCUT2D eigenvalue weighted by atomic mass is 16.2. The third-order valence-electron chi connectivity index (χ3n) is 2.24. The van der Waals surface area contributed by atoms with Crippen molar-refractivity contribution in [1.82, 2.24) is 4.90 Å². The molecule has 0 heterocycles. The van der Waals surface area contributed by atoms with Gasteiger partial charge >= 0.3 is 0 Å². The van der Waals surface area contributed by atoms with E-state index in [1.54, 1.807) is 6.08 Å². The lowest BCUT2D eigenvalue weighted by Crippen LogP contribution is -2.42. The molecular weight excluding hydrogens is 176 g/mol. The molecule has 1 rings (SSSR count). The van der Waals surface area contributed by atoms with Gasteiger partial charge in [-0.25, -0.2) is 0 Å². The van der Waals surface area contributed by atoms with Crippen LogP contribution in [0.15, 0.2) is 12.7 Å². The van der Waals surface area contributed by atoms with Crippen LogP contribution < -0.4 is 5.73 Å². The molecule has 1 fully saturated rings. The zero-order chi connectivity index (χ0) is 10.8. The van der Waals surface area contributed by atoms with E-state index >= 15 is 0 Å². The first-order chi connectivity index (χ1) is 6.44. The second-order valence-corrected chi connectivity index (χ2v) is 4.73. The van der Waals surface area contributed by atoms with Crippen molar-refractivity contribution >= 4 is 5.91 Å². The van der Waals surface area contributed by atoms with Crippen molar-refractivity contribution in [3.63, 3.8) is 0 Å². The van der Waals surface area contributed by atoms with Crippen LogP contribution in [0.1, 0.15) is 33.1 Å². The molecule has 1 saturated carbocycles. The summed E-state index contributed by atoms with van der Waals surface area (Å²) >= 11 is 0. The Hall–Kier alpha value is -0.830. The number of hydrogen-bond acceptors (Lipinski definition) is 2. The molecule has 0 radical (unpaired) electrons. The third-order valence-corrected chi connectivity index (χ3v) is 2.24. The van der Waals surface area contributed by atoms with Crippen LogP contribution in [0.25, 0.3) is 0 Å². The molecule has 1 aliphatic rings. The van der Waals surface area contributed by atoms with Gasteiger partial charge < -0.3 is 10.6 Å². The summed E-state index contributed by atoms with van der Waals surface area (Å²) in [6.45, 7) is 8.07. The Morgan fingerprint density at radius 2 is 2.21 bits per heavy atom. The summed E-state index contributed by atoms with van der Waals surface area (Å²) in [7, 11) is 0. The van der Waals surface area contributed by atoms with Gasteiger partial charge in [0.2, 0.25) is 5.91 Å². The Bertz CT molecular complexity index is 226. The second kappa shape index (κ2) is 4.13. The van der Waals surface area contributed by atoms with Gasteiger partial charge in [-0.3, -0.25) is 4.79 Å². The number of rotatable bonds is 5. The molecule has 0 spiro atoms. The Kier molecular flexibility index (Phi) is 3.32. The highest BCUT2D eigenvalue weighted by Gasteiger charge is 2.33. The van der Waals surface area contributed by atoms with E-state index in [0.717, 1.165) is 12.8 Å². The summed E-state index contributed by atoms with van der Waals surface area (Å²) in [5.41, 5.74) is 5.41. The van der Waals surface area contributed by atoms with E-state index in [2.05, 4.69) is 6.58 Å². The van der Waals surface area contributed by atoms with Gasteiger partial charge in [-0.05, 0) is 26.7 Å². The van der Waals surface area contributed by atoms with Crippen molar-refractivity contribution < 1.29 is 4.79 Å². The minimum absolute atomic E-state index is 0.153. The molecule has 1 aliphatic carbocycles. The van der Waals surface area contributed by atoms with E-state index < -0.39 is 5.54 Å². The lowest BCUT2D eigenvalue weighted by Gasteiger charge is -2.25. The van der Waals surface area contributed by atoms with Crippen molar-refractivity contribution in [2.45, 2.75) is 44.7 Å². The fourth-order valence-electron chi connectivity index (χ4n) is 1.47. The minimum atomic E-state index is -0.411. The number of carbonyl (C=O) groups excluding carboxylic acids is 1. The topological polar surface area (TPSA) is 46.3 Å². The van der Waals surface area contributed by atoms with Crippen LogP contribution in [-0.4, -0.2) is 28.9 Å². The largest absolute Gasteiger partial charge is 0.336 e. The van der Waals surface area contributed by atoms with E-state index in [0.29, 0.717) is 19.0 Å². The zero-order valence-electron chi connectivity index (χ0n) is 9.12. The van der Waals surface area contributed by atoms with Crippen LogP contribution in [0, 0.1) is 0 Å². The monoisotopic (exact) mass is 196 g/mol. The van der Waals surface area contributed by atoms with E-state index in [-0.39, 0.29) is 5.91 Å². The predicted molar refractivity (Wildman–Crippen MR) is 57.8 cm³/mol. The van der Waals surface area contributed by atoms with Crippen molar-refractivity contribution in [2.75, 3.05) is 6.54 Å². The van der Waals surface area contributed by atoms with Gasteiger partial charge in [-0.15, -0.1) is 6.58 Å². The molecule has 1 amide bonds. The van der Waals surface area contributed by atoms with Crippen molar-refractivity contribution in [3.05, 3.63) is 12.7 Å². The summed E-state index contributed by atoms with van der Waals surface area (Å²) in [6, 6.07) is 0.447. The molecule has 3 heteroatoms. The van der Waals surface area contributed by atoms with Crippen molar-refractivity contribution in [3.8, 4) is 0 Å². The molecule has 0 unspecified atom stereocenters. The van der Waals surface area contributed by atoms with E-state index in [1.807, 2.05) is 18.7 Å².